The Balaban J connectivity index is 0.00000280. The molecule has 0 fully saturated rings. The molecule has 0 aliphatic heterocycles. The van der Waals surface area contributed by atoms with Crippen molar-refractivity contribution in [1.82, 2.24) is 20.8 Å². The molecule has 0 aliphatic carbocycles. The van der Waals surface area contributed by atoms with E-state index in [-0.39, 0.29) is 24.0 Å². The fraction of sp³-hybridized carbons (Fsp3) is 0.286. The normalized spacial score (nSPS) is 12.1. The fourth-order valence-electron chi connectivity index (χ4n) is 2.95. The zero-order valence-electron chi connectivity index (χ0n) is 16.1. The highest BCUT2D eigenvalue weighted by Crippen LogP contribution is 2.20. The molecular weight excluding hydrogens is 465 g/mol. The third-order valence-electron chi connectivity index (χ3n) is 4.32. The summed E-state index contributed by atoms with van der Waals surface area (Å²) in [6.45, 7) is 3.01. The van der Waals surface area contributed by atoms with Crippen LogP contribution in [0.2, 0.25) is 0 Å². The van der Waals surface area contributed by atoms with Crippen molar-refractivity contribution in [2.75, 3.05) is 13.6 Å². The standard InChI is InChI=1S/C21H25N5O.HI/c1-16-25-20(26-27-16)15-24-21(22-2)23-14-19(18-11-7-4-8-12-18)13-17-9-5-3-6-10-17;/h3-12,19H,13-15H2,1-2H3,(H2,22,23,24);1H. The molecule has 2 aromatic carbocycles. The summed E-state index contributed by atoms with van der Waals surface area (Å²) in [7, 11) is 1.76. The van der Waals surface area contributed by atoms with Crippen LogP contribution in [-0.2, 0) is 13.0 Å². The van der Waals surface area contributed by atoms with Gasteiger partial charge in [0.15, 0.2) is 11.8 Å². The smallest absolute Gasteiger partial charge is 0.223 e. The van der Waals surface area contributed by atoms with Gasteiger partial charge in [-0.2, -0.15) is 4.98 Å². The molecule has 6 nitrogen and oxygen atoms in total. The molecule has 3 rings (SSSR count). The maximum Gasteiger partial charge on any atom is 0.223 e. The van der Waals surface area contributed by atoms with E-state index in [4.69, 9.17) is 4.52 Å². The Bertz CT molecular complexity index is 852. The highest BCUT2D eigenvalue weighted by Gasteiger charge is 2.13. The van der Waals surface area contributed by atoms with E-state index in [9.17, 15) is 0 Å². The Morgan fingerprint density at radius 1 is 1.04 bits per heavy atom. The summed E-state index contributed by atoms with van der Waals surface area (Å²) in [5.74, 6) is 2.21. The number of aryl methyl sites for hydroxylation is 1. The summed E-state index contributed by atoms with van der Waals surface area (Å²) >= 11 is 0. The van der Waals surface area contributed by atoms with E-state index in [2.05, 4.69) is 74.3 Å². The van der Waals surface area contributed by atoms with Crippen molar-refractivity contribution in [2.45, 2.75) is 25.8 Å². The maximum absolute atomic E-state index is 4.99. The lowest BCUT2D eigenvalue weighted by Gasteiger charge is -2.20. The van der Waals surface area contributed by atoms with Crippen LogP contribution in [0.3, 0.4) is 0 Å². The summed E-state index contributed by atoms with van der Waals surface area (Å²) in [6.07, 6.45) is 0.957. The summed E-state index contributed by atoms with van der Waals surface area (Å²) in [4.78, 5) is 8.48. The number of aromatic nitrogens is 2. The summed E-state index contributed by atoms with van der Waals surface area (Å²) in [5.41, 5.74) is 2.62. The Labute approximate surface area is 182 Å². The molecule has 0 spiro atoms. The van der Waals surface area contributed by atoms with Gasteiger partial charge < -0.3 is 15.2 Å². The first-order valence-electron chi connectivity index (χ1n) is 9.07. The number of hydrogen-bond acceptors (Lipinski definition) is 4. The molecule has 0 saturated heterocycles. The number of rotatable bonds is 7. The molecule has 1 unspecified atom stereocenters. The second-order valence-electron chi connectivity index (χ2n) is 6.33. The van der Waals surface area contributed by atoms with Gasteiger partial charge in [0.2, 0.25) is 5.89 Å². The largest absolute Gasteiger partial charge is 0.356 e. The van der Waals surface area contributed by atoms with Crippen molar-refractivity contribution < 1.29 is 4.52 Å². The van der Waals surface area contributed by atoms with Gasteiger partial charge in [-0.1, -0.05) is 65.8 Å². The Hall–Kier alpha value is -2.42. The molecule has 0 bridgehead atoms. The highest BCUT2D eigenvalue weighted by molar-refractivity contribution is 14.0. The topological polar surface area (TPSA) is 75.3 Å². The monoisotopic (exact) mass is 491 g/mol. The number of halogens is 1. The van der Waals surface area contributed by atoms with Gasteiger partial charge in [-0.15, -0.1) is 24.0 Å². The Morgan fingerprint density at radius 2 is 1.71 bits per heavy atom. The van der Waals surface area contributed by atoms with E-state index in [1.165, 1.54) is 11.1 Å². The maximum atomic E-state index is 4.99. The lowest BCUT2D eigenvalue weighted by Crippen LogP contribution is -2.39. The molecule has 7 heteroatoms. The Morgan fingerprint density at radius 3 is 2.32 bits per heavy atom. The molecule has 0 radical (unpaired) electrons. The van der Waals surface area contributed by atoms with Crippen LogP contribution in [0.25, 0.3) is 0 Å². The van der Waals surface area contributed by atoms with Crippen LogP contribution in [0.5, 0.6) is 0 Å². The second-order valence-corrected chi connectivity index (χ2v) is 6.33. The number of aliphatic imine (C=N–C) groups is 1. The third kappa shape index (κ3) is 6.63. The van der Waals surface area contributed by atoms with Gasteiger partial charge in [0, 0.05) is 26.4 Å². The zero-order chi connectivity index (χ0) is 18.9. The minimum absolute atomic E-state index is 0. The molecular formula is C21H26IN5O. The van der Waals surface area contributed by atoms with Crippen LogP contribution in [-0.4, -0.2) is 29.7 Å². The zero-order valence-corrected chi connectivity index (χ0v) is 18.5. The number of nitrogens with zero attached hydrogens (tertiary/aromatic N) is 3. The van der Waals surface area contributed by atoms with Gasteiger partial charge in [-0.05, 0) is 17.5 Å². The van der Waals surface area contributed by atoms with Crippen LogP contribution < -0.4 is 10.6 Å². The number of nitrogens with one attached hydrogen (secondary N) is 2. The molecule has 1 heterocycles. The van der Waals surface area contributed by atoms with Crippen LogP contribution in [0.1, 0.15) is 28.8 Å². The Kier molecular flexibility index (Phi) is 8.93. The third-order valence-corrected chi connectivity index (χ3v) is 4.32. The van der Waals surface area contributed by atoms with Crippen molar-refractivity contribution in [3.8, 4) is 0 Å². The van der Waals surface area contributed by atoms with Gasteiger partial charge in [0.05, 0.1) is 6.54 Å². The summed E-state index contributed by atoms with van der Waals surface area (Å²) in [6, 6.07) is 21.1. The van der Waals surface area contributed by atoms with E-state index in [1.807, 2.05) is 12.1 Å². The molecule has 0 amide bonds. The quantitative estimate of drug-likeness (QED) is 0.300. The van der Waals surface area contributed by atoms with E-state index in [0.717, 1.165) is 13.0 Å². The number of guanidine groups is 1. The minimum atomic E-state index is 0. The van der Waals surface area contributed by atoms with E-state index in [0.29, 0.717) is 30.1 Å². The first kappa shape index (κ1) is 21.9. The molecule has 1 atom stereocenters. The predicted octanol–water partition coefficient (Wildman–Crippen LogP) is 3.69. The molecule has 148 valence electrons. The molecule has 28 heavy (non-hydrogen) atoms. The summed E-state index contributed by atoms with van der Waals surface area (Å²) < 4.78 is 4.99. The average Bonchev–Trinajstić information content (AvgIpc) is 3.13. The fourth-order valence-corrected chi connectivity index (χ4v) is 2.95. The SMILES string of the molecule is CN=C(NCc1noc(C)n1)NCC(Cc1ccccc1)c1ccccc1.I. The van der Waals surface area contributed by atoms with Crippen LogP contribution in [0.15, 0.2) is 70.2 Å². The van der Waals surface area contributed by atoms with E-state index >= 15 is 0 Å². The number of hydrogen-bond donors (Lipinski definition) is 2. The van der Waals surface area contributed by atoms with Gasteiger partial charge >= 0.3 is 0 Å². The van der Waals surface area contributed by atoms with Crippen molar-refractivity contribution in [2.24, 2.45) is 4.99 Å². The molecule has 0 aliphatic rings. The first-order chi connectivity index (χ1) is 13.2. The molecule has 3 aromatic rings. The van der Waals surface area contributed by atoms with Gasteiger partial charge in [0.25, 0.3) is 0 Å². The van der Waals surface area contributed by atoms with Crippen molar-refractivity contribution >= 4 is 29.9 Å². The van der Waals surface area contributed by atoms with E-state index < -0.39 is 0 Å². The predicted molar refractivity (Wildman–Crippen MR) is 122 cm³/mol. The first-order valence-corrected chi connectivity index (χ1v) is 9.07. The van der Waals surface area contributed by atoms with Crippen LogP contribution in [0, 0.1) is 6.92 Å². The molecule has 2 N–H and O–H groups in total. The lowest BCUT2D eigenvalue weighted by atomic mass is 9.92. The highest BCUT2D eigenvalue weighted by atomic mass is 127. The van der Waals surface area contributed by atoms with Crippen LogP contribution in [0.4, 0.5) is 0 Å². The van der Waals surface area contributed by atoms with Gasteiger partial charge in [-0.3, -0.25) is 4.99 Å². The molecule has 1 aromatic heterocycles. The van der Waals surface area contributed by atoms with Crippen LogP contribution >= 0.6 is 24.0 Å². The summed E-state index contributed by atoms with van der Waals surface area (Å²) in [5, 5.41) is 10.5. The second kappa shape index (κ2) is 11.4. The van der Waals surface area contributed by atoms with Crippen molar-refractivity contribution in [3.63, 3.8) is 0 Å². The van der Waals surface area contributed by atoms with E-state index in [1.54, 1.807) is 14.0 Å². The van der Waals surface area contributed by atoms with Gasteiger partial charge in [0.1, 0.15) is 0 Å². The average molecular weight is 491 g/mol. The van der Waals surface area contributed by atoms with Crippen molar-refractivity contribution in [3.05, 3.63) is 83.5 Å². The number of benzene rings is 2. The lowest BCUT2D eigenvalue weighted by molar-refractivity contribution is 0.386. The van der Waals surface area contributed by atoms with Crippen molar-refractivity contribution in [1.29, 1.82) is 0 Å². The van der Waals surface area contributed by atoms with Gasteiger partial charge in [-0.25, -0.2) is 0 Å². The molecule has 0 saturated carbocycles. The minimum Gasteiger partial charge on any atom is -0.356 e.